The number of rotatable bonds is 4. The first-order valence-corrected chi connectivity index (χ1v) is 6.34. The number of hydrogen-bond acceptors (Lipinski definition) is 4. The number of pyridine rings is 1. The zero-order chi connectivity index (χ0) is 13.8. The second kappa shape index (κ2) is 5.99. The van der Waals surface area contributed by atoms with Gasteiger partial charge >= 0.3 is 0 Å². The van der Waals surface area contributed by atoms with Crippen LogP contribution in [0.15, 0.2) is 30.3 Å². The van der Waals surface area contributed by atoms with Gasteiger partial charge in [-0.2, -0.15) is 0 Å². The predicted molar refractivity (Wildman–Crippen MR) is 79.0 cm³/mol. The van der Waals surface area contributed by atoms with Crippen molar-refractivity contribution in [1.82, 2.24) is 4.98 Å². The molecule has 19 heavy (non-hydrogen) atoms. The van der Waals surface area contributed by atoms with Crippen LogP contribution in [-0.4, -0.2) is 12.1 Å². The molecule has 0 saturated carbocycles. The van der Waals surface area contributed by atoms with Gasteiger partial charge in [0.15, 0.2) is 0 Å². The number of nitrogen functional groups attached to an aromatic ring is 1. The molecule has 0 bridgehead atoms. The van der Waals surface area contributed by atoms with Crippen molar-refractivity contribution in [2.75, 3.05) is 18.2 Å². The van der Waals surface area contributed by atoms with Gasteiger partial charge in [-0.05, 0) is 18.2 Å². The number of aromatic nitrogens is 1. The molecule has 6 heteroatoms. The Morgan fingerprint density at radius 3 is 2.79 bits per heavy atom. The molecule has 0 fully saturated rings. The van der Waals surface area contributed by atoms with Crippen LogP contribution in [-0.2, 0) is 6.54 Å². The molecule has 0 aliphatic rings. The van der Waals surface area contributed by atoms with Crippen LogP contribution in [0.5, 0.6) is 5.75 Å². The highest BCUT2D eigenvalue weighted by atomic mass is 35.5. The highest BCUT2D eigenvalue weighted by Gasteiger charge is 2.08. The lowest BCUT2D eigenvalue weighted by molar-refractivity contribution is 0.410. The maximum absolute atomic E-state index is 6.15. The molecule has 2 rings (SSSR count). The molecular weight excluding hydrogens is 285 g/mol. The van der Waals surface area contributed by atoms with Gasteiger partial charge in [-0.3, -0.25) is 0 Å². The summed E-state index contributed by atoms with van der Waals surface area (Å²) >= 11 is 12.0. The summed E-state index contributed by atoms with van der Waals surface area (Å²) in [5.74, 6) is 1.31. The van der Waals surface area contributed by atoms with Gasteiger partial charge in [0.05, 0.1) is 7.11 Å². The molecule has 0 spiro atoms. The zero-order valence-corrected chi connectivity index (χ0v) is 11.8. The second-order valence-corrected chi connectivity index (χ2v) is 4.68. The number of ether oxygens (including phenoxy) is 1. The molecule has 0 amide bonds. The number of nitrogens with two attached hydrogens (primary N) is 1. The third-order valence-corrected chi connectivity index (χ3v) is 3.11. The van der Waals surface area contributed by atoms with Gasteiger partial charge in [-0.25, -0.2) is 4.98 Å². The van der Waals surface area contributed by atoms with Gasteiger partial charge in [0.2, 0.25) is 0 Å². The maximum atomic E-state index is 6.15. The Kier molecular flexibility index (Phi) is 4.35. The Balaban J connectivity index is 2.18. The average molecular weight is 298 g/mol. The molecule has 1 aromatic carbocycles. The number of nitrogens with one attached hydrogen (secondary N) is 1. The largest absolute Gasteiger partial charge is 0.496 e. The summed E-state index contributed by atoms with van der Waals surface area (Å²) in [6.07, 6.45) is 0. The van der Waals surface area contributed by atoms with E-state index in [0.717, 1.165) is 11.3 Å². The molecule has 2 aromatic rings. The van der Waals surface area contributed by atoms with Crippen molar-refractivity contribution in [2.45, 2.75) is 6.54 Å². The highest BCUT2D eigenvalue weighted by Crippen LogP contribution is 2.27. The summed E-state index contributed by atoms with van der Waals surface area (Å²) in [5.41, 5.74) is 7.10. The number of hydrogen-bond donors (Lipinski definition) is 2. The standard InChI is InChI=1S/C13H13Cl2N3O/c1-19-11-4-2-3-10(14)9(11)7-17-13-6-8(16)5-12(15)18-13/h2-6H,7H2,1H3,(H3,16,17,18). The quantitative estimate of drug-likeness (QED) is 0.847. The number of nitrogens with zero attached hydrogens (tertiary/aromatic N) is 1. The lowest BCUT2D eigenvalue weighted by Crippen LogP contribution is -2.04. The van der Waals surface area contributed by atoms with Crippen molar-refractivity contribution >= 4 is 34.7 Å². The Labute approximate surface area is 121 Å². The molecule has 0 radical (unpaired) electrons. The van der Waals surface area contributed by atoms with Crippen molar-refractivity contribution in [2.24, 2.45) is 0 Å². The van der Waals surface area contributed by atoms with E-state index in [2.05, 4.69) is 10.3 Å². The minimum Gasteiger partial charge on any atom is -0.496 e. The van der Waals surface area contributed by atoms with Crippen LogP contribution < -0.4 is 15.8 Å². The van der Waals surface area contributed by atoms with E-state index in [1.54, 1.807) is 25.3 Å². The van der Waals surface area contributed by atoms with Gasteiger partial charge in [0.25, 0.3) is 0 Å². The Morgan fingerprint density at radius 2 is 2.11 bits per heavy atom. The summed E-state index contributed by atoms with van der Waals surface area (Å²) in [4.78, 5) is 4.12. The fraction of sp³-hybridized carbons (Fsp3) is 0.154. The van der Waals surface area contributed by atoms with Crippen LogP contribution in [0.2, 0.25) is 10.2 Å². The van der Waals surface area contributed by atoms with Crippen molar-refractivity contribution in [1.29, 1.82) is 0 Å². The SMILES string of the molecule is COc1cccc(Cl)c1CNc1cc(N)cc(Cl)n1. The highest BCUT2D eigenvalue weighted by molar-refractivity contribution is 6.31. The molecular formula is C13H13Cl2N3O. The summed E-state index contributed by atoms with van der Waals surface area (Å²) < 4.78 is 5.27. The van der Waals surface area contributed by atoms with E-state index in [0.29, 0.717) is 28.2 Å². The van der Waals surface area contributed by atoms with Gasteiger partial charge in [-0.1, -0.05) is 29.3 Å². The Bertz CT molecular complexity index is 570. The third-order valence-electron chi connectivity index (χ3n) is 2.56. The molecule has 3 N–H and O–H groups in total. The Morgan fingerprint density at radius 1 is 1.32 bits per heavy atom. The van der Waals surface area contributed by atoms with E-state index in [9.17, 15) is 0 Å². The van der Waals surface area contributed by atoms with Crippen LogP contribution in [0, 0.1) is 0 Å². The van der Waals surface area contributed by atoms with Crippen molar-refractivity contribution in [3.63, 3.8) is 0 Å². The minimum absolute atomic E-state index is 0.341. The second-order valence-electron chi connectivity index (χ2n) is 3.88. The van der Waals surface area contributed by atoms with Crippen LogP contribution in [0.4, 0.5) is 11.5 Å². The lowest BCUT2D eigenvalue weighted by Gasteiger charge is -2.12. The number of methoxy groups -OCH3 is 1. The van der Waals surface area contributed by atoms with E-state index < -0.39 is 0 Å². The molecule has 0 saturated heterocycles. The maximum Gasteiger partial charge on any atom is 0.133 e. The van der Waals surface area contributed by atoms with Crippen LogP contribution in [0.25, 0.3) is 0 Å². The molecule has 1 heterocycles. The number of benzene rings is 1. The topological polar surface area (TPSA) is 60.2 Å². The molecule has 0 aliphatic carbocycles. The molecule has 0 unspecified atom stereocenters. The van der Waals surface area contributed by atoms with Crippen molar-refractivity contribution in [3.8, 4) is 5.75 Å². The average Bonchev–Trinajstić information content (AvgIpc) is 2.36. The third kappa shape index (κ3) is 3.43. The number of anilines is 2. The van der Waals surface area contributed by atoms with E-state index in [4.69, 9.17) is 33.7 Å². The first-order valence-electron chi connectivity index (χ1n) is 5.58. The van der Waals surface area contributed by atoms with Gasteiger partial charge < -0.3 is 15.8 Å². The smallest absolute Gasteiger partial charge is 0.133 e. The van der Waals surface area contributed by atoms with Crippen LogP contribution >= 0.6 is 23.2 Å². The summed E-state index contributed by atoms with van der Waals surface area (Å²) in [5, 5.41) is 4.09. The number of halogens is 2. The fourth-order valence-corrected chi connectivity index (χ4v) is 2.14. The van der Waals surface area contributed by atoms with E-state index in [-0.39, 0.29) is 0 Å². The molecule has 1 aromatic heterocycles. The zero-order valence-electron chi connectivity index (χ0n) is 10.3. The van der Waals surface area contributed by atoms with Crippen LogP contribution in [0.3, 0.4) is 0 Å². The van der Waals surface area contributed by atoms with E-state index in [1.807, 2.05) is 12.1 Å². The van der Waals surface area contributed by atoms with E-state index >= 15 is 0 Å². The normalized spacial score (nSPS) is 10.3. The molecule has 0 aliphatic heterocycles. The molecule has 4 nitrogen and oxygen atoms in total. The Hall–Kier alpha value is -1.65. The van der Waals surface area contributed by atoms with Crippen molar-refractivity contribution in [3.05, 3.63) is 46.1 Å². The van der Waals surface area contributed by atoms with Crippen molar-refractivity contribution < 1.29 is 4.74 Å². The minimum atomic E-state index is 0.341. The van der Waals surface area contributed by atoms with Gasteiger partial charge in [0, 0.05) is 28.9 Å². The predicted octanol–water partition coefficient (Wildman–Crippen LogP) is 3.59. The van der Waals surface area contributed by atoms with E-state index in [1.165, 1.54) is 0 Å². The summed E-state index contributed by atoms with van der Waals surface area (Å²) in [7, 11) is 1.60. The monoisotopic (exact) mass is 297 g/mol. The summed E-state index contributed by atoms with van der Waals surface area (Å²) in [6, 6.07) is 8.78. The first-order chi connectivity index (χ1) is 9.10. The lowest BCUT2D eigenvalue weighted by atomic mass is 10.2. The summed E-state index contributed by atoms with van der Waals surface area (Å²) in [6.45, 7) is 0.468. The van der Waals surface area contributed by atoms with Crippen LogP contribution in [0.1, 0.15) is 5.56 Å². The molecule has 100 valence electrons. The molecule has 0 atom stereocenters. The fourth-order valence-electron chi connectivity index (χ4n) is 1.69. The van der Waals surface area contributed by atoms with Gasteiger partial charge in [0.1, 0.15) is 16.7 Å². The first kappa shape index (κ1) is 13.8. The van der Waals surface area contributed by atoms with Gasteiger partial charge in [-0.15, -0.1) is 0 Å².